The molecule has 0 saturated carbocycles. The zero-order valence-corrected chi connectivity index (χ0v) is 15.0. The largest absolute Gasteiger partial charge is 0.281 e. The minimum atomic E-state index is -0.119. The molecule has 3 nitrogen and oxygen atoms in total. The lowest BCUT2D eigenvalue weighted by atomic mass is 9.70. The van der Waals surface area contributed by atoms with Crippen LogP contribution in [-0.2, 0) is 11.8 Å². The van der Waals surface area contributed by atoms with Crippen molar-refractivity contribution in [3.8, 4) is 11.3 Å². The highest BCUT2D eigenvalue weighted by atomic mass is 32.1. The van der Waals surface area contributed by atoms with E-state index in [4.69, 9.17) is 0 Å². The Morgan fingerprint density at radius 1 is 1.04 bits per heavy atom. The molecule has 0 atom stereocenters. The van der Waals surface area contributed by atoms with Crippen molar-refractivity contribution in [2.75, 3.05) is 0 Å². The number of hydrogen-bond acceptors (Lipinski definition) is 4. The van der Waals surface area contributed by atoms with Gasteiger partial charge in [-0.25, -0.2) is 0 Å². The molecule has 4 aromatic heterocycles. The molecule has 5 rings (SSSR count). The highest BCUT2D eigenvalue weighted by Crippen LogP contribution is 2.44. The van der Waals surface area contributed by atoms with Crippen LogP contribution in [0.4, 0.5) is 0 Å². The van der Waals surface area contributed by atoms with Gasteiger partial charge in [-0.05, 0) is 56.9 Å². The maximum absolute atomic E-state index is 4.59. The molecule has 0 saturated heterocycles. The van der Waals surface area contributed by atoms with Crippen LogP contribution in [0.2, 0.25) is 0 Å². The second kappa shape index (κ2) is 5.79. The number of pyridine rings is 1. The maximum atomic E-state index is 4.59. The second-order valence-corrected chi connectivity index (χ2v) is 7.77. The first kappa shape index (κ1) is 14.8. The van der Waals surface area contributed by atoms with Crippen LogP contribution < -0.4 is 0 Å². The minimum absolute atomic E-state index is 0.119. The van der Waals surface area contributed by atoms with Crippen molar-refractivity contribution >= 4 is 28.7 Å². The number of H-pyrrole nitrogens is 1. The monoisotopic (exact) mass is 361 g/mol. The summed E-state index contributed by atoms with van der Waals surface area (Å²) in [6.45, 7) is 0. The number of rotatable bonds is 3. The zero-order chi connectivity index (χ0) is 16.7. The summed E-state index contributed by atoms with van der Waals surface area (Å²) in [5, 5.41) is 16.7. The lowest BCUT2D eigenvalue weighted by molar-refractivity contribution is 0.625. The molecule has 1 aliphatic carbocycles. The van der Waals surface area contributed by atoms with E-state index in [1.165, 1.54) is 22.4 Å². The minimum Gasteiger partial charge on any atom is -0.281 e. The Balaban J connectivity index is 1.65. The van der Waals surface area contributed by atoms with Gasteiger partial charge in [0.2, 0.25) is 0 Å². The first-order valence-electron chi connectivity index (χ1n) is 8.09. The van der Waals surface area contributed by atoms with Crippen molar-refractivity contribution in [1.82, 2.24) is 15.2 Å². The molecule has 1 N–H and O–H groups in total. The number of hydrogen-bond donors (Lipinski definition) is 1. The van der Waals surface area contributed by atoms with E-state index >= 15 is 0 Å². The molecule has 0 fully saturated rings. The number of nitrogens with zero attached hydrogens (tertiary/aromatic N) is 2. The van der Waals surface area contributed by atoms with E-state index in [0.717, 1.165) is 17.7 Å². The summed E-state index contributed by atoms with van der Waals surface area (Å²) in [5.41, 5.74) is 6.94. The maximum Gasteiger partial charge on any atom is 0.101 e. The molecule has 4 aromatic rings. The fourth-order valence-electron chi connectivity index (χ4n) is 3.59. The molecule has 4 heterocycles. The van der Waals surface area contributed by atoms with Crippen molar-refractivity contribution in [3.63, 3.8) is 0 Å². The van der Waals surface area contributed by atoms with Gasteiger partial charge >= 0.3 is 0 Å². The topological polar surface area (TPSA) is 41.6 Å². The third-order valence-electron chi connectivity index (χ3n) is 4.88. The van der Waals surface area contributed by atoms with Crippen molar-refractivity contribution in [1.29, 1.82) is 0 Å². The summed E-state index contributed by atoms with van der Waals surface area (Å²) in [4.78, 5) is 4.22. The fraction of sp³-hybridized carbons (Fsp3) is 0.100. The molecule has 0 radical (unpaired) electrons. The average molecular weight is 361 g/mol. The Kier molecular flexibility index (Phi) is 3.43. The normalized spacial score (nSPS) is 15.2. The third-order valence-corrected chi connectivity index (χ3v) is 6.25. The van der Waals surface area contributed by atoms with Gasteiger partial charge in [-0.1, -0.05) is 12.2 Å². The standard InChI is InChI=1S/C20H15N3S2/c1-2-14(11-21-7-1)19-17-3-6-20(10-18(17)22-23-19,15-4-8-24-12-15)16-5-9-25-13-16/h1-9,11-13H,10H2,(H,22,23). The quantitative estimate of drug-likeness (QED) is 0.548. The van der Waals surface area contributed by atoms with Crippen LogP contribution in [0.1, 0.15) is 22.4 Å². The predicted octanol–water partition coefficient (Wildman–Crippen LogP) is 5.15. The highest BCUT2D eigenvalue weighted by Gasteiger charge is 2.37. The fourth-order valence-corrected chi connectivity index (χ4v) is 5.07. The third kappa shape index (κ3) is 2.31. The SMILES string of the molecule is C1=CC(c2ccsc2)(c2ccsc2)Cc2[nH]nc(-c3cccnc3)c21. The number of aromatic nitrogens is 3. The van der Waals surface area contributed by atoms with Crippen LogP contribution in [-0.4, -0.2) is 15.2 Å². The molecule has 0 unspecified atom stereocenters. The van der Waals surface area contributed by atoms with Crippen LogP contribution in [0.5, 0.6) is 0 Å². The molecule has 5 heteroatoms. The van der Waals surface area contributed by atoms with E-state index in [2.05, 4.69) is 67.1 Å². The Labute approximate surface area is 153 Å². The summed E-state index contributed by atoms with van der Waals surface area (Å²) in [5.74, 6) is 0. The predicted molar refractivity (Wildman–Crippen MR) is 104 cm³/mol. The lowest BCUT2D eigenvalue weighted by Crippen LogP contribution is -2.29. The van der Waals surface area contributed by atoms with E-state index in [0.29, 0.717) is 0 Å². The van der Waals surface area contributed by atoms with Crippen molar-refractivity contribution in [2.45, 2.75) is 11.8 Å². The number of fused-ring (bicyclic) bond motifs is 1. The molecular weight excluding hydrogens is 346 g/mol. The van der Waals surface area contributed by atoms with Gasteiger partial charge in [0.25, 0.3) is 0 Å². The van der Waals surface area contributed by atoms with Crippen molar-refractivity contribution in [2.24, 2.45) is 0 Å². The molecule has 0 spiro atoms. The average Bonchev–Trinajstić information content (AvgIpc) is 3.43. The first-order valence-corrected chi connectivity index (χ1v) is 9.98. The lowest BCUT2D eigenvalue weighted by Gasteiger charge is -2.32. The van der Waals surface area contributed by atoms with E-state index in [9.17, 15) is 0 Å². The highest BCUT2D eigenvalue weighted by molar-refractivity contribution is 7.08. The van der Waals surface area contributed by atoms with E-state index in [1.54, 1.807) is 28.9 Å². The Bertz CT molecular complexity index is 978. The molecule has 1 aliphatic rings. The molecule has 25 heavy (non-hydrogen) atoms. The summed E-state index contributed by atoms with van der Waals surface area (Å²) < 4.78 is 0. The summed E-state index contributed by atoms with van der Waals surface area (Å²) >= 11 is 3.50. The second-order valence-electron chi connectivity index (χ2n) is 6.21. The molecule has 0 aromatic carbocycles. The number of aromatic amines is 1. The van der Waals surface area contributed by atoms with Crippen molar-refractivity contribution < 1.29 is 0 Å². The van der Waals surface area contributed by atoms with Gasteiger partial charge < -0.3 is 0 Å². The van der Waals surface area contributed by atoms with Crippen molar-refractivity contribution in [3.05, 3.63) is 86.6 Å². The summed E-state index contributed by atoms with van der Waals surface area (Å²) in [6, 6.07) is 8.47. The molecule has 0 aliphatic heterocycles. The molecule has 0 bridgehead atoms. The van der Waals surface area contributed by atoms with Crippen LogP contribution in [0.25, 0.3) is 17.3 Å². The molecule has 122 valence electrons. The Morgan fingerprint density at radius 2 is 1.84 bits per heavy atom. The van der Waals surface area contributed by atoms with Gasteiger partial charge in [-0.2, -0.15) is 27.8 Å². The smallest absolute Gasteiger partial charge is 0.101 e. The van der Waals surface area contributed by atoms with Gasteiger partial charge in [-0.15, -0.1) is 0 Å². The van der Waals surface area contributed by atoms with E-state index in [-0.39, 0.29) is 5.41 Å². The first-order chi connectivity index (χ1) is 12.4. The van der Waals surface area contributed by atoms with Crippen LogP contribution in [0.15, 0.2) is 64.3 Å². The van der Waals surface area contributed by atoms with Crippen LogP contribution >= 0.6 is 22.7 Å². The van der Waals surface area contributed by atoms with Gasteiger partial charge in [0.1, 0.15) is 5.69 Å². The van der Waals surface area contributed by atoms with Gasteiger partial charge in [-0.3, -0.25) is 10.1 Å². The summed E-state index contributed by atoms with van der Waals surface area (Å²) in [6.07, 6.45) is 9.11. The number of thiophene rings is 2. The van der Waals surface area contributed by atoms with Gasteiger partial charge in [0.15, 0.2) is 0 Å². The summed E-state index contributed by atoms with van der Waals surface area (Å²) in [7, 11) is 0. The zero-order valence-electron chi connectivity index (χ0n) is 13.3. The Morgan fingerprint density at radius 3 is 2.48 bits per heavy atom. The van der Waals surface area contributed by atoms with E-state index in [1.807, 2.05) is 12.3 Å². The Hall–Kier alpha value is -2.50. The number of allylic oxidation sites excluding steroid dienone is 1. The van der Waals surface area contributed by atoms with Crippen LogP contribution in [0.3, 0.4) is 0 Å². The van der Waals surface area contributed by atoms with Gasteiger partial charge in [0.05, 0.1) is 0 Å². The molecular formula is C20H15N3S2. The van der Waals surface area contributed by atoms with Gasteiger partial charge in [0, 0.05) is 41.1 Å². The van der Waals surface area contributed by atoms with Crippen LogP contribution in [0, 0.1) is 0 Å². The number of nitrogens with one attached hydrogen (secondary N) is 1. The molecule has 0 amide bonds. The van der Waals surface area contributed by atoms with E-state index < -0.39 is 0 Å².